The molecule has 0 spiro atoms. The summed E-state index contributed by atoms with van der Waals surface area (Å²) in [5.41, 5.74) is 1.65. The fourth-order valence-corrected chi connectivity index (χ4v) is 2.69. The number of hydrogen-bond acceptors (Lipinski definition) is 1. The number of amides is 1. The van der Waals surface area contributed by atoms with Crippen molar-refractivity contribution < 1.29 is 13.6 Å². The normalized spacial score (nSPS) is 11.4. The summed E-state index contributed by atoms with van der Waals surface area (Å²) < 4.78 is 26.8. The highest BCUT2D eigenvalue weighted by atomic mass is 19.1. The van der Waals surface area contributed by atoms with Crippen LogP contribution in [0.4, 0.5) is 8.78 Å². The lowest BCUT2D eigenvalue weighted by atomic mass is 10.0. The Morgan fingerprint density at radius 1 is 0.960 bits per heavy atom. The van der Waals surface area contributed by atoms with Crippen LogP contribution >= 0.6 is 0 Å². The van der Waals surface area contributed by atoms with Crippen molar-refractivity contribution in [2.24, 2.45) is 0 Å². The lowest BCUT2D eigenvalue weighted by Gasteiger charge is -2.23. The first kappa shape index (κ1) is 18.8. The predicted molar refractivity (Wildman–Crippen MR) is 97.8 cm³/mol. The Hall–Kier alpha value is -2.49. The highest BCUT2D eigenvalue weighted by Crippen LogP contribution is 2.22. The van der Waals surface area contributed by atoms with E-state index in [-0.39, 0.29) is 17.5 Å². The Morgan fingerprint density at radius 3 is 2.16 bits per heavy atom. The lowest BCUT2D eigenvalue weighted by Crippen LogP contribution is -2.33. The molecular formula is C21H23F2NO. The number of hydrogen-bond donors (Lipinski definition) is 0. The third kappa shape index (κ3) is 5.24. The molecule has 0 aliphatic carbocycles. The molecule has 2 aromatic carbocycles. The topological polar surface area (TPSA) is 20.3 Å². The Balaban J connectivity index is 2.47. The third-order valence-electron chi connectivity index (χ3n) is 3.82. The fourth-order valence-electron chi connectivity index (χ4n) is 2.69. The fraction of sp³-hybridized carbons (Fsp3) is 0.286. The molecule has 2 aromatic rings. The number of halogens is 2. The van der Waals surface area contributed by atoms with Crippen LogP contribution in [-0.2, 0) is 4.79 Å². The van der Waals surface area contributed by atoms with Crippen LogP contribution in [0.2, 0.25) is 0 Å². The summed E-state index contributed by atoms with van der Waals surface area (Å²) in [7, 11) is 0. The molecule has 0 atom stereocenters. The van der Waals surface area contributed by atoms with Crippen LogP contribution in [0.15, 0.2) is 48.5 Å². The Bertz CT molecular complexity index is 732. The highest BCUT2D eigenvalue weighted by molar-refractivity contribution is 6.24. The number of carbonyl (C=O) groups excluding carboxylic acids is 1. The molecule has 0 unspecified atom stereocenters. The average Bonchev–Trinajstić information content (AvgIpc) is 2.60. The Kier molecular flexibility index (Phi) is 6.87. The summed E-state index contributed by atoms with van der Waals surface area (Å²) in [4.78, 5) is 14.9. The second kappa shape index (κ2) is 9.11. The summed E-state index contributed by atoms with van der Waals surface area (Å²) >= 11 is 0. The minimum atomic E-state index is -0.362. The van der Waals surface area contributed by atoms with Gasteiger partial charge in [0.25, 0.3) is 5.91 Å². The van der Waals surface area contributed by atoms with Crippen molar-refractivity contribution >= 4 is 17.6 Å². The molecule has 0 aliphatic heterocycles. The second-order valence-corrected chi connectivity index (χ2v) is 5.91. The molecule has 25 heavy (non-hydrogen) atoms. The SMILES string of the molecule is CCCN(CCC)C(=O)/C(=C/c1cccc(F)c1)c1ccc(F)cc1. The van der Waals surface area contributed by atoms with Crippen molar-refractivity contribution in [1.82, 2.24) is 4.90 Å². The van der Waals surface area contributed by atoms with Gasteiger partial charge in [-0.2, -0.15) is 0 Å². The standard InChI is InChI=1S/C21H23F2NO/c1-3-12-24(13-4-2)21(25)20(17-8-10-18(22)11-9-17)15-16-6-5-7-19(23)14-16/h5-11,14-15H,3-4,12-13H2,1-2H3/b20-15+. The van der Waals surface area contributed by atoms with Gasteiger partial charge in [-0.1, -0.05) is 38.1 Å². The summed E-state index contributed by atoms with van der Waals surface area (Å²) in [6.07, 6.45) is 3.36. The third-order valence-corrected chi connectivity index (χ3v) is 3.82. The van der Waals surface area contributed by atoms with Gasteiger partial charge in [-0.25, -0.2) is 8.78 Å². The zero-order valence-electron chi connectivity index (χ0n) is 14.6. The predicted octanol–water partition coefficient (Wildman–Crippen LogP) is 5.15. The smallest absolute Gasteiger partial charge is 0.254 e. The van der Waals surface area contributed by atoms with E-state index in [1.54, 1.807) is 35.2 Å². The summed E-state index contributed by atoms with van der Waals surface area (Å²) in [5.74, 6) is -0.849. The lowest BCUT2D eigenvalue weighted by molar-refractivity contribution is -0.125. The molecule has 1 amide bonds. The van der Waals surface area contributed by atoms with Crippen LogP contribution in [0.5, 0.6) is 0 Å². The molecule has 2 nitrogen and oxygen atoms in total. The van der Waals surface area contributed by atoms with E-state index in [1.165, 1.54) is 24.3 Å². The molecule has 0 aromatic heterocycles. The summed E-state index contributed by atoms with van der Waals surface area (Å²) in [5, 5.41) is 0. The molecule has 4 heteroatoms. The Labute approximate surface area is 147 Å². The van der Waals surface area contributed by atoms with Gasteiger partial charge in [0.1, 0.15) is 11.6 Å². The largest absolute Gasteiger partial charge is 0.339 e. The minimum Gasteiger partial charge on any atom is -0.339 e. The first-order chi connectivity index (χ1) is 12.0. The first-order valence-corrected chi connectivity index (χ1v) is 8.57. The van der Waals surface area contributed by atoms with Gasteiger partial charge in [-0.3, -0.25) is 4.79 Å². The number of rotatable bonds is 7. The van der Waals surface area contributed by atoms with E-state index in [0.717, 1.165) is 12.8 Å². The number of benzene rings is 2. The Morgan fingerprint density at radius 2 is 1.60 bits per heavy atom. The van der Waals surface area contributed by atoms with Gasteiger partial charge < -0.3 is 4.90 Å². The van der Waals surface area contributed by atoms with E-state index in [1.807, 2.05) is 13.8 Å². The number of carbonyl (C=O) groups is 1. The van der Waals surface area contributed by atoms with Crippen molar-refractivity contribution in [3.63, 3.8) is 0 Å². The van der Waals surface area contributed by atoms with Crippen LogP contribution in [0.3, 0.4) is 0 Å². The van der Waals surface area contributed by atoms with E-state index in [2.05, 4.69) is 0 Å². The number of nitrogens with zero attached hydrogens (tertiary/aromatic N) is 1. The van der Waals surface area contributed by atoms with Crippen molar-refractivity contribution in [3.05, 3.63) is 71.3 Å². The quantitative estimate of drug-likeness (QED) is 0.503. The summed E-state index contributed by atoms with van der Waals surface area (Å²) in [6.45, 7) is 5.33. The van der Waals surface area contributed by atoms with Gasteiger partial charge in [0, 0.05) is 18.7 Å². The monoisotopic (exact) mass is 343 g/mol. The van der Waals surface area contributed by atoms with Gasteiger partial charge in [-0.05, 0) is 54.3 Å². The molecular weight excluding hydrogens is 320 g/mol. The molecule has 0 fully saturated rings. The highest BCUT2D eigenvalue weighted by Gasteiger charge is 2.19. The molecule has 0 radical (unpaired) electrons. The molecule has 132 valence electrons. The minimum absolute atomic E-state index is 0.125. The second-order valence-electron chi connectivity index (χ2n) is 5.91. The summed E-state index contributed by atoms with van der Waals surface area (Å²) in [6, 6.07) is 11.9. The van der Waals surface area contributed by atoms with Gasteiger partial charge in [0.15, 0.2) is 0 Å². The van der Waals surface area contributed by atoms with Crippen molar-refractivity contribution in [2.75, 3.05) is 13.1 Å². The van der Waals surface area contributed by atoms with Gasteiger partial charge >= 0.3 is 0 Å². The van der Waals surface area contributed by atoms with Crippen LogP contribution in [0, 0.1) is 11.6 Å². The van der Waals surface area contributed by atoms with E-state index >= 15 is 0 Å². The molecule has 0 heterocycles. The van der Waals surface area contributed by atoms with Crippen molar-refractivity contribution in [3.8, 4) is 0 Å². The maximum Gasteiger partial charge on any atom is 0.254 e. The van der Waals surface area contributed by atoms with Crippen LogP contribution < -0.4 is 0 Å². The first-order valence-electron chi connectivity index (χ1n) is 8.57. The molecule has 0 N–H and O–H groups in total. The molecule has 0 bridgehead atoms. The van der Waals surface area contributed by atoms with Crippen molar-refractivity contribution in [1.29, 1.82) is 0 Å². The molecule has 0 saturated heterocycles. The molecule has 0 saturated carbocycles. The van der Waals surface area contributed by atoms with Gasteiger partial charge in [0.2, 0.25) is 0 Å². The maximum atomic E-state index is 13.5. The van der Waals surface area contributed by atoms with Crippen LogP contribution in [0.25, 0.3) is 11.6 Å². The zero-order valence-corrected chi connectivity index (χ0v) is 14.6. The average molecular weight is 343 g/mol. The van der Waals surface area contributed by atoms with E-state index in [9.17, 15) is 13.6 Å². The van der Waals surface area contributed by atoms with Crippen molar-refractivity contribution in [2.45, 2.75) is 26.7 Å². The van der Waals surface area contributed by atoms with Gasteiger partial charge in [0.05, 0.1) is 0 Å². The van der Waals surface area contributed by atoms with E-state index in [4.69, 9.17) is 0 Å². The van der Waals surface area contributed by atoms with Crippen LogP contribution in [0.1, 0.15) is 37.8 Å². The zero-order chi connectivity index (χ0) is 18.2. The molecule has 0 aliphatic rings. The van der Waals surface area contributed by atoms with E-state index < -0.39 is 0 Å². The van der Waals surface area contributed by atoms with Gasteiger partial charge in [-0.15, -0.1) is 0 Å². The maximum absolute atomic E-state index is 13.5. The van der Waals surface area contributed by atoms with Crippen LogP contribution in [-0.4, -0.2) is 23.9 Å². The van der Waals surface area contributed by atoms with E-state index in [0.29, 0.717) is 29.8 Å². The molecule has 2 rings (SSSR count).